The lowest BCUT2D eigenvalue weighted by Gasteiger charge is -2.18. The fraction of sp³-hybridized carbons (Fsp3) is 0.0714. The Morgan fingerprint density at radius 1 is 0.706 bits per heavy atom. The first kappa shape index (κ1) is 21.3. The fourth-order valence-electron chi connectivity index (χ4n) is 4.19. The number of methoxy groups -OCH3 is 2. The molecule has 4 aromatic carbocycles. The second-order valence-corrected chi connectivity index (χ2v) is 7.75. The van der Waals surface area contributed by atoms with Gasteiger partial charge < -0.3 is 14.8 Å². The standard InChI is InChI=1S/C28H22N2O4/c1-33-20-16-14-19(15-17-20)29-26-25(22-11-5-6-13-24(22)34-2)27(31)30(28(26)32)23-12-7-9-18-8-3-4-10-21(18)23/h3-17,29H,1-2H3. The zero-order chi connectivity index (χ0) is 23.7. The Labute approximate surface area is 197 Å². The Hall–Kier alpha value is -4.58. The molecule has 4 aromatic rings. The minimum absolute atomic E-state index is 0.188. The molecule has 1 heterocycles. The molecule has 0 saturated heterocycles. The van der Waals surface area contributed by atoms with Gasteiger partial charge in [0.05, 0.1) is 25.5 Å². The van der Waals surface area contributed by atoms with Crippen LogP contribution in [-0.2, 0) is 9.59 Å². The first-order valence-electron chi connectivity index (χ1n) is 10.8. The summed E-state index contributed by atoms with van der Waals surface area (Å²) in [6.45, 7) is 0. The molecule has 0 fully saturated rings. The number of hydrogen-bond donors (Lipinski definition) is 1. The molecule has 168 valence electrons. The van der Waals surface area contributed by atoms with Gasteiger partial charge >= 0.3 is 0 Å². The van der Waals surface area contributed by atoms with Crippen molar-refractivity contribution in [2.45, 2.75) is 0 Å². The lowest BCUT2D eigenvalue weighted by molar-refractivity contribution is -0.120. The van der Waals surface area contributed by atoms with Crippen molar-refractivity contribution in [1.29, 1.82) is 0 Å². The van der Waals surface area contributed by atoms with E-state index in [1.54, 1.807) is 56.7 Å². The molecule has 1 aliphatic rings. The maximum absolute atomic E-state index is 13.9. The van der Waals surface area contributed by atoms with Gasteiger partial charge in [0, 0.05) is 16.6 Å². The number of ether oxygens (including phenoxy) is 2. The molecular formula is C28H22N2O4. The summed E-state index contributed by atoms with van der Waals surface area (Å²) in [4.78, 5) is 28.9. The van der Waals surface area contributed by atoms with Crippen molar-refractivity contribution in [3.63, 3.8) is 0 Å². The van der Waals surface area contributed by atoms with Crippen molar-refractivity contribution < 1.29 is 19.1 Å². The molecule has 0 saturated carbocycles. The van der Waals surface area contributed by atoms with Gasteiger partial charge in [0.1, 0.15) is 17.2 Å². The fourth-order valence-corrected chi connectivity index (χ4v) is 4.19. The van der Waals surface area contributed by atoms with Crippen LogP contribution in [-0.4, -0.2) is 26.0 Å². The Balaban J connectivity index is 1.67. The molecule has 6 nitrogen and oxygen atoms in total. The minimum atomic E-state index is -0.432. The molecule has 1 aliphatic heterocycles. The Kier molecular flexibility index (Phi) is 5.47. The Bertz CT molecular complexity index is 1440. The summed E-state index contributed by atoms with van der Waals surface area (Å²) >= 11 is 0. The van der Waals surface area contributed by atoms with E-state index in [-0.39, 0.29) is 11.3 Å². The van der Waals surface area contributed by atoms with Crippen molar-refractivity contribution >= 4 is 39.5 Å². The highest BCUT2D eigenvalue weighted by molar-refractivity contribution is 6.47. The van der Waals surface area contributed by atoms with Crippen LogP contribution in [0, 0.1) is 0 Å². The lowest BCUT2D eigenvalue weighted by atomic mass is 10.0. The predicted molar refractivity (Wildman–Crippen MR) is 133 cm³/mol. The van der Waals surface area contributed by atoms with Crippen molar-refractivity contribution in [1.82, 2.24) is 0 Å². The number of imide groups is 1. The van der Waals surface area contributed by atoms with E-state index in [0.29, 0.717) is 28.4 Å². The molecule has 0 atom stereocenters. The molecule has 34 heavy (non-hydrogen) atoms. The van der Waals surface area contributed by atoms with E-state index >= 15 is 0 Å². The minimum Gasteiger partial charge on any atom is -0.497 e. The Morgan fingerprint density at radius 3 is 2.18 bits per heavy atom. The topological polar surface area (TPSA) is 67.9 Å². The number of hydrogen-bond acceptors (Lipinski definition) is 5. The van der Waals surface area contributed by atoms with Gasteiger partial charge in [0.15, 0.2) is 0 Å². The third-order valence-electron chi connectivity index (χ3n) is 5.83. The molecule has 1 N–H and O–H groups in total. The normalized spacial score (nSPS) is 13.5. The predicted octanol–water partition coefficient (Wildman–Crippen LogP) is 5.25. The summed E-state index contributed by atoms with van der Waals surface area (Å²) < 4.78 is 10.7. The summed E-state index contributed by atoms with van der Waals surface area (Å²) in [5.41, 5.74) is 2.18. The SMILES string of the molecule is COc1ccc(NC2=C(c3ccccc3OC)C(=O)N(c3cccc4ccccc34)C2=O)cc1. The van der Waals surface area contributed by atoms with Crippen LogP contribution in [0.25, 0.3) is 16.3 Å². The number of amides is 2. The van der Waals surface area contributed by atoms with E-state index in [2.05, 4.69) is 5.32 Å². The lowest BCUT2D eigenvalue weighted by Crippen LogP contribution is -2.32. The zero-order valence-corrected chi connectivity index (χ0v) is 18.7. The molecule has 0 unspecified atom stereocenters. The molecule has 0 radical (unpaired) electrons. The quantitative estimate of drug-likeness (QED) is 0.406. The molecule has 0 aromatic heterocycles. The number of para-hydroxylation sites is 1. The van der Waals surface area contributed by atoms with E-state index < -0.39 is 11.8 Å². The summed E-state index contributed by atoms with van der Waals surface area (Å²) in [5, 5.41) is 4.93. The molecular weight excluding hydrogens is 428 g/mol. The third-order valence-corrected chi connectivity index (χ3v) is 5.83. The number of nitrogens with one attached hydrogen (secondary N) is 1. The number of carbonyl (C=O) groups is 2. The van der Waals surface area contributed by atoms with Crippen LogP contribution < -0.4 is 19.7 Å². The first-order chi connectivity index (χ1) is 16.6. The van der Waals surface area contributed by atoms with Crippen molar-refractivity contribution in [3.05, 3.63) is 102 Å². The highest BCUT2D eigenvalue weighted by Gasteiger charge is 2.41. The summed E-state index contributed by atoms with van der Waals surface area (Å²) in [6.07, 6.45) is 0. The van der Waals surface area contributed by atoms with Crippen LogP contribution in [0.5, 0.6) is 11.5 Å². The Morgan fingerprint density at radius 2 is 1.41 bits per heavy atom. The second kappa shape index (κ2) is 8.75. The van der Waals surface area contributed by atoms with Gasteiger partial charge in [-0.05, 0) is 41.8 Å². The number of anilines is 2. The molecule has 0 spiro atoms. The van der Waals surface area contributed by atoms with Crippen LogP contribution in [0.1, 0.15) is 5.56 Å². The smallest absolute Gasteiger partial charge is 0.282 e. The second-order valence-electron chi connectivity index (χ2n) is 7.75. The van der Waals surface area contributed by atoms with Crippen molar-refractivity contribution in [3.8, 4) is 11.5 Å². The van der Waals surface area contributed by atoms with Crippen LogP contribution in [0.2, 0.25) is 0 Å². The van der Waals surface area contributed by atoms with Gasteiger partial charge in [-0.25, -0.2) is 4.90 Å². The van der Waals surface area contributed by atoms with Gasteiger partial charge in [-0.3, -0.25) is 9.59 Å². The third kappa shape index (κ3) is 3.55. The van der Waals surface area contributed by atoms with Crippen molar-refractivity contribution in [2.75, 3.05) is 24.4 Å². The first-order valence-corrected chi connectivity index (χ1v) is 10.8. The van der Waals surface area contributed by atoms with E-state index in [1.807, 2.05) is 48.5 Å². The van der Waals surface area contributed by atoms with Crippen LogP contribution in [0.4, 0.5) is 11.4 Å². The molecule has 0 aliphatic carbocycles. The number of benzene rings is 4. The van der Waals surface area contributed by atoms with E-state index in [4.69, 9.17) is 9.47 Å². The maximum Gasteiger partial charge on any atom is 0.282 e. The molecule has 5 rings (SSSR count). The molecule has 2 amide bonds. The summed E-state index contributed by atoms with van der Waals surface area (Å²) in [6, 6.07) is 27.6. The highest BCUT2D eigenvalue weighted by atomic mass is 16.5. The molecule has 6 heteroatoms. The van der Waals surface area contributed by atoms with Crippen LogP contribution >= 0.6 is 0 Å². The van der Waals surface area contributed by atoms with Crippen LogP contribution in [0.15, 0.2) is 96.7 Å². The van der Waals surface area contributed by atoms with Gasteiger partial charge in [0.2, 0.25) is 0 Å². The highest BCUT2D eigenvalue weighted by Crippen LogP contribution is 2.39. The number of carbonyl (C=O) groups excluding carboxylic acids is 2. The van der Waals surface area contributed by atoms with Crippen molar-refractivity contribution in [2.24, 2.45) is 0 Å². The average Bonchev–Trinajstić information content (AvgIpc) is 3.12. The van der Waals surface area contributed by atoms with E-state index in [9.17, 15) is 9.59 Å². The number of fused-ring (bicyclic) bond motifs is 1. The van der Waals surface area contributed by atoms with Crippen LogP contribution in [0.3, 0.4) is 0 Å². The average molecular weight is 450 g/mol. The maximum atomic E-state index is 13.9. The summed E-state index contributed by atoms with van der Waals surface area (Å²) in [5.74, 6) is 0.350. The van der Waals surface area contributed by atoms with Gasteiger partial charge in [-0.15, -0.1) is 0 Å². The van der Waals surface area contributed by atoms with Gasteiger partial charge in [-0.2, -0.15) is 0 Å². The number of rotatable bonds is 6. The van der Waals surface area contributed by atoms with Gasteiger partial charge in [-0.1, -0.05) is 54.6 Å². The largest absolute Gasteiger partial charge is 0.497 e. The zero-order valence-electron chi connectivity index (χ0n) is 18.7. The monoisotopic (exact) mass is 450 g/mol. The molecule has 0 bridgehead atoms. The van der Waals surface area contributed by atoms with E-state index in [1.165, 1.54) is 4.90 Å². The van der Waals surface area contributed by atoms with E-state index in [0.717, 1.165) is 10.8 Å². The number of nitrogens with zero attached hydrogens (tertiary/aromatic N) is 1. The van der Waals surface area contributed by atoms with Gasteiger partial charge in [0.25, 0.3) is 11.8 Å². The summed E-state index contributed by atoms with van der Waals surface area (Å²) in [7, 11) is 3.13.